The van der Waals surface area contributed by atoms with E-state index in [9.17, 15) is 4.79 Å². The Labute approximate surface area is 139 Å². The molecular weight excluding hydrogens is 284 g/mol. The topological polar surface area (TPSA) is 33.2 Å². The number of carbonyl (C=O) groups is 1. The van der Waals surface area contributed by atoms with Crippen LogP contribution in [0, 0.1) is 5.92 Å². The summed E-state index contributed by atoms with van der Waals surface area (Å²) in [5, 5.41) is 1.05. The minimum atomic E-state index is 0.152. The van der Waals surface area contributed by atoms with Crippen molar-refractivity contribution in [2.75, 3.05) is 19.6 Å². The van der Waals surface area contributed by atoms with Gasteiger partial charge in [-0.05, 0) is 56.6 Å². The van der Waals surface area contributed by atoms with Crippen LogP contribution in [0.5, 0.6) is 0 Å². The van der Waals surface area contributed by atoms with E-state index in [1.807, 2.05) is 44.2 Å². The standard InChI is InChI=1S/C18H22N2O.C2H6/c1-2-10-20-11-4-6-16(13-20)18(21)15-7-8-17-14(12-15)5-3-9-19-17;1-2/h3,5,7-9,12,16H,2,4,6,10-11,13H2,1H3;1-2H3. The van der Waals surface area contributed by atoms with Gasteiger partial charge in [0.25, 0.3) is 0 Å². The van der Waals surface area contributed by atoms with Crippen molar-refractivity contribution in [3.63, 3.8) is 0 Å². The van der Waals surface area contributed by atoms with Crippen molar-refractivity contribution >= 4 is 16.7 Å². The molecule has 0 N–H and O–H groups in total. The second-order valence-electron chi connectivity index (χ2n) is 5.91. The Morgan fingerprint density at radius 3 is 2.91 bits per heavy atom. The Bertz CT molecular complexity index is 636. The van der Waals surface area contributed by atoms with E-state index in [1.54, 1.807) is 6.20 Å². The fraction of sp³-hybridized carbons (Fsp3) is 0.500. The van der Waals surface area contributed by atoms with Crippen LogP contribution < -0.4 is 0 Å². The number of carbonyl (C=O) groups excluding carboxylic acids is 1. The van der Waals surface area contributed by atoms with Gasteiger partial charge >= 0.3 is 0 Å². The summed E-state index contributed by atoms with van der Waals surface area (Å²) in [6.45, 7) is 9.35. The number of nitrogens with zero attached hydrogens (tertiary/aromatic N) is 2. The smallest absolute Gasteiger partial charge is 0.167 e. The Hall–Kier alpha value is -1.74. The number of rotatable bonds is 4. The molecule has 0 radical (unpaired) electrons. The van der Waals surface area contributed by atoms with Crippen molar-refractivity contribution in [1.82, 2.24) is 9.88 Å². The van der Waals surface area contributed by atoms with E-state index in [2.05, 4.69) is 16.8 Å². The molecule has 1 aromatic carbocycles. The van der Waals surface area contributed by atoms with Gasteiger partial charge in [0.1, 0.15) is 0 Å². The zero-order chi connectivity index (χ0) is 16.7. The normalized spacial score (nSPS) is 18.3. The van der Waals surface area contributed by atoms with Crippen molar-refractivity contribution in [1.29, 1.82) is 0 Å². The first-order valence-corrected chi connectivity index (χ1v) is 8.89. The number of fused-ring (bicyclic) bond motifs is 1. The number of likely N-dealkylation sites (tertiary alicyclic amines) is 1. The summed E-state index contributed by atoms with van der Waals surface area (Å²) < 4.78 is 0. The maximum Gasteiger partial charge on any atom is 0.167 e. The Morgan fingerprint density at radius 1 is 1.30 bits per heavy atom. The van der Waals surface area contributed by atoms with E-state index >= 15 is 0 Å². The van der Waals surface area contributed by atoms with Crippen LogP contribution >= 0.6 is 0 Å². The lowest BCUT2D eigenvalue weighted by Crippen LogP contribution is -2.39. The third-order valence-corrected chi connectivity index (χ3v) is 4.30. The molecule has 1 atom stereocenters. The zero-order valence-electron chi connectivity index (χ0n) is 14.6. The average molecular weight is 312 g/mol. The lowest BCUT2D eigenvalue weighted by molar-refractivity contribution is 0.0820. The number of pyridine rings is 1. The molecule has 2 heterocycles. The van der Waals surface area contributed by atoms with Crippen LogP contribution in [-0.4, -0.2) is 35.3 Å². The number of aromatic nitrogens is 1. The van der Waals surface area contributed by atoms with Gasteiger partial charge < -0.3 is 4.90 Å². The molecule has 1 aliphatic rings. The van der Waals surface area contributed by atoms with Gasteiger partial charge in [0, 0.05) is 29.6 Å². The van der Waals surface area contributed by atoms with E-state index in [4.69, 9.17) is 0 Å². The van der Waals surface area contributed by atoms with Crippen molar-refractivity contribution < 1.29 is 4.79 Å². The Morgan fingerprint density at radius 2 is 2.13 bits per heavy atom. The van der Waals surface area contributed by atoms with E-state index in [0.29, 0.717) is 5.78 Å². The third kappa shape index (κ3) is 4.38. The molecule has 1 saturated heterocycles. The first-order valence-electron chi connectivity index (χ1n) is 8.89. The predicted octanol–water partition coefficient (Wildman–Crippen LogP) is 4.57. The number of piperidine rings is 1. The van der Waals surface area contributed by atoms with Gasteiger partial charge in [-0.15, -0.1) is 0 Å². The van der Waals surface area contributed by atoms with Gasteiger partial charge in [-0.25, -0.2) is 0 Å². The Kier molecular flexibility index (Phi) is 6.72. The van der Waals surface area contributed by atoms with E-state index in [1.165, 1.54) is 0 Å². The fourth-order valence-electron chi connectivity index (χ4n) is 3.25. The van der Waals surface area contributed by atoms with Gasteiger partial charge in [-0.1, -0.05) is 26.8 Å². The van der Waals surface area contributed by atoms with Crippen LogP contribution in [-0.2, 0) is 0 Å². The first-order chi connectivity index (χ1) is 11.3. The number of hydrogen-bond acceptors (Lipinski definition) is 3. The molecule has 0 amide bonds. The summed E-state index contributed by atoms with van der Waals surface area (Å²) in [5.41, 5.74) is 1.78. The van der Waals surface area contributed by atoms with E-state index in [-0.39, 0.29) is 5.92 Å². The lowest BCUT2D eigenvalue weighted by Gasteiger charge is -2.31. The third-order valence-electron chi connectivity index (χ3n) is 4.30. The monoisotopic (exact) mass is 312 g/mol. The molecule has 3 rings (SSSR count). The largest absolute Gasteiger partial charge is 0.303 e. The molecule has 1 aliphatic heterocycles. The molecule has 0 spiro atoms. The van der Waals surface area contributed by atoms with Gasteiger partial charge in [0.2, 0.25) is 0 Å². The van der Waals surface area contributed by atoms with Crippen molar-refractivity contribution in [2.45, 2.75) is 40.0 Å². The quantitative estimate of drug-likeness (QED) is 0.776. The molecule has 124 valence electrons. The van der Waals surface area contributed by atoms with E-state index < -0.39 is 0 Å². The first kappa shape index (κ1) is 17.6. The lowest BCUT2D eigenvalue weighted by atomic mass is 9.89. The maximum absolute atomic E-state index is 12.7. The highest BCUT2D eigenvalue weighted by Crippen LogP contribution is 2.23. The van der Waals surface area contributed by atoms with Crippen molar-refractivity contribution in [2.24, 2.45) is 5.92 Å². The van der Waals surface area contributed by atoms with Gasteiger partial charge in [-0.3, -0.25) is 9.78 Å². The Balaban J connectivity index is 0.000000924. The van der Waals surface area contributed by atoms with E-state index in [0.717, 1.165) is 55.4 Å². The van der Waals surface area contributed by atoms with Crippen LogP contribution in [0.2, 0.25) is 0 Å². The van der Waals surface area contributed by atoms with Crippen molar-refractivity contribution in [3.8, 4) is 0 Å². The highest BCUT2D eigenvalue weighted by Gasteiger charge is 2.26. The van der Waals surface area contributed by atoms with Crippen LogP contribution in [0.3, 0.4) is 0 Å². The van der Waals surface area contributed by atoms with Crippen LogP contribution in [0.4, 0.5) is 0 Å². The molecule has 1 unspecified atom stereocenters. The number of ketones is 1. The number of Topliss-reactive ketones (excluding diaryl/α,β-unsaturated/α-hetero) is 1. The minimum absolute atomic E-state index is 0.152. The molecule has 1 aromatic heterocycles. The second kappa shape index (κ2) is 8.78. The summed E-state index contributed by atoms with van der Waals surface area (Å²) >= 11 is 0. The number of benzene rings is 1. The molecule has 0 aliphatic carbocycles. The van der Waals surface area contributed by atoms with Crippen LogP contribution in [0.1, 0.15) is 50.4 Å². The summed E-state index contributed by atoms with van der Waals surface area (Å²) in [4.78, 5) is 19.5. The molecule has 0 bridgehead atoms. The summed E-state index contributed by atoms with van der Waals surface area (Å²) in [6.07, 6.45) is 5.09. The predicted molar refractivity (Wildman–Crippen MR) is 96.9 cm³/mol. The van der Waals surface area contributed by atoms with Gasteiger partial charge in [0.05, 0.1) is 5.52 Å². The molecule has 23 heavy (non-hydrogen) atoms. The highest BCUT2D eigenvalue weighted by molar-refractivity contribution is 6.01. The molecule has 0 saturated carbocycles. The summed E-state index contributed by atoms with van der Waals surface area (Å²) in [7, 11) is 0. The van der Waals surface area contributed by atoms with Gasteiger partial charge in [-0.2, -0.15) is 0 Å². The highest BCUT2D eigenvalue weighted by atomic mass is 16.1. The molecule has 3 nitrogen and oxygen atoms in total. The molecule has 3 heteroatoms. The minimum Gasteiger partial charge on any atom is -0.303 e. The zero-order valence-corrected chi connectivity index (χ0v) is 14.6. The summed E-state index contributed by atoms with van der Waals surface area (Å²) in [5.74, 6) is 0.445. The van der Waals surface area contributed by atoms with Gasteiger partial charge in [0.15, 0.2) is 5.78 Å². The van der Waals surface area contributed by atoms with Crippen LogP contribution in [0.25, 0.3) is 10.9 Å². The van der Waals surface area contributed by atoms with Crippen molar-refractivity contribution in [3.05, 3.63) is 42.1 Å². The SMILES string of the molecule is CC.CCCN1CCCC(C(=O)c2ccc3ncccc3c2)C1. The molecule has 1 fully saturated rings. The molecular formula is C20H28N2O. The fourth-order valence-corrected chi connectivity index (χ4v) is 3.25. The summed E-state index contributed by atoms with van der Waals surface area (Å²) in [6, 6.07) is 9.80. The average Bonchev–Trinajstić information content (AvgIpc) is 2.63. The van der Waals surface area contributed by atoms with Crippen LogP contribution in [0.15, 0.2) is 36.5 Å². The number of hydrogen-bond donors (Lipinski definition) is 0. The molecule has 2 aromatic rings. The maximum atomic E-state index is 12.7. The second-order valence-corrected chi connectivity index (χ2v) is 5.91.